The van der Waals surface area contributed by atoms with Gasteiger partial charge < -0.3 is 121 Å². The number of carbonyl (C=O) groups is 21. The highest BCUT2D eigenvalue weighted by Crippen LogP contribution is 2.22. The maximum absolute atomic E-state index is 15.0. The molecule has 0 radical (unpaired) electrons. The zero-order valence-electron chi connectivity index (χ0n) is 69.4. The van der Waals surface area contributed by atoms with Crippen molar-refractivity contribution in [2.75, 3.05) is 32.0 Å². The topological polar surface area (TPSA) is 759 Å². The summed E-state index contributed by atoms with van der Waals surface area (Å²) in [6.45, 7) is 0.394. The number of esters is 1. The third kappa shape index (κ3) is 34.5. The van der Waals surface area contributed by atoms with Gasteiger partial charge >= 0.3 is 29.8 Å². The summed E-state index contributed by atoms with van der Waals surface area (Å²) in [5.41, 5.74) is 11.7. The molecular formula is C79H105N17O30S. The number of aliphatic hydroxyl groups is 1. The third-order valence-electron chi connectivity index (χ3n) is 19.5. The maximum atomic E-state index is 15.0. The minimum absolute atomic E-state index is 0.0471. The van der Waals surface area contributed by atoms with Gasteiger partial charge in [0.15, 0.2) is 5.78 Å². The fourth-order valence-electron chi connectivity index (χ4n) is 12.9. The molecule has 1 aliphatic rings. The van der Waals surface area contributed by atoms with E-state index in [4.69, 9.17) is 16.2 Å². The number of carboxylic acids is 4. The van der Waals surface area contributed by atoms with Gasteiger partial charge in [-0.05, 0) is 74.9 Å². The number of ketones is 1. The number of nitrogens with two attached hydrogens (primary N) is 2. The molecule has 0 spiro atoms. The number of aliphatic carboxylic acids is 4. The SMILES string of the molecule is CCCCCCCCCC(=O)NC(Cc1c[nH]c2ccccc12)C(=O)NC(CC(N)=O)C(=O)NC(CC(=O)O)C(=O)NC1C(=O)NCC(=O)NC(CCCNC(=O)c2ccccc2S(=O)(=O)O)C(=O)NC(CC(=O)O)C(=O)NC(C)C(=O)NC(CC(=O)O)C(=O)NCC(=O)NC(CO)C(=O)NC(C(C)CC(=O)O)C(=O)NC(CC(=O)c2ccccc2N)C(=O)OC1C. The molecule has 1 aromatic heterocycles. The Morgan fingerprint density at radius 2 is 1.08 bits per heavy atom. The molecule has 5 rings (SSSR count). The van der Waals surface area contributed by atoms with Crippen LogP contribution in [0.25, 0.3) is 10.9 Å². The fraction of sp³-hybridized carbons (Fsp3) is 0.481. The van der Waals surface area contributed by atoms with Crippen LogP contribution >= 0.6 is 0 Å². The summed E-state index contributed by atoms with van der Waals surface area (Å²) < 4.78 is 39.9. The highest BCUT2D eigenvalue weighted by molar-refractivity contribution is 7.86. The fourth-order valence-corrected chi connectivity index (χ4v) is 13.6. The van der Waals surface area contributed by atoms with Crippen molar-refractivity contribution in [1.82, 2.24) is 79.4 Å². The number of benzene rings is 3. The molecule has 47 nitrogen and oxygen atoms in total. The number of primary amides is 1. The number of amides is 15. The number of cyclic esters (lactones) is 1. The molecule has 1 fully saturated rings. The Hall–Kier alpha value is -14.1. The average molecular weight is 1800 g/mol. The van der Waals surface area contributed by atoms with Gasteiger partial charge in [-0.3, -0.25) is 100 Å². The number of aromatic nitrogens is 1. The van der Waals surface area contributed by atoms with E-state index in [9.17, 15) is 139 Å². The molecule has 1 saturated heterocycles. The summed E-state index contributed by atoms with van der Waals surface area (Å²) >= 11 is 0. The van der Waals surface area contributed by atoms with E-state index in [2.05, 4.69) is 70.4 Å². The number of carbonyl (C=O) groups excluding carboxylic acids is 17. The number of rotatable bonds is 38. The van der Waals surface area contributed by atoms with Crippen LogP contribution in [0.1, 0.15) is 157 Å². The molecule has 1 aliphatic heterocycles. The Balaban J connectivity index is 1.65. The summed E-state index contributed by atoms with van der Waals surface area (Å²) in [7, 11) is -5.02. The smallest absolute Gasteiger partial charge is 0.329 e. The number of carboxylic acid groups (broad SMARTS) is 4. The lowest BCUT2D eigenvalue weighted by Crippen LogP contribution is -2.62. The minimum Gasteiger partial charge on any atom is -0.481 e. The lowest BCUT2D eigenvalue weighted by atomic mass is 9.96. The second kappa shape index (κ2) is 50.6. The molecule has 25 N–H and O–H groups in total. The van der Waals surface area contributed by atoms with Crippen LogP contribution in [0.5, 0.6) is 0 Å². The monoisotopic (exact) mass is 1800 g/mol. The van der Waals surface area contributed by atoms with E-state index >= 15 is 0 Å². The molecule has 0 aliphatic carbocycles. The van der Waals surface area contributed by atoms with E-state index in [1.165, 1.54) is 30.3 Å². The van der Waals surface area contributed by atoms with E-state index in [0.29, 0.717) is 29.3 Å². The van der Waals surface area contributed by atoms with E-state index in [0.717, 1.165) is 71.1 Å². The quantitative estimate of drug-likeness (QED) is 0.00657. The lowest BCUT2D eigenvalue weighted by molar-refractivity contribution is -0.156. The Bertz CT molecular complexity index is 4850. The molecule has 0 saturated carbocycles. The first kappa shape index (κ1) is 103. The number of nitrogens with one attached hydrogen (secondary N) is 15. The van der Waals surface area contributed by atoms with Crippen molar-refractivity contribution < 1.29 is 144 Å². The van der Waals surface area contributed by atoms with Crippen molar-refractivity contribution in [2.45, 2.75) is 214 Å². The molecule has 13 atom stereocenters. The summed E-state index contributed by atoms with van der Waals surface area (Å²) in [6, 6.07) is -7.42. The lowest BCUT2D eigenvalue weighted by Gasteiger charge is -2.30. The standard InChI is InChI=1S/C79H105N17O30S/c1-5-6-7-8-9-10-11-26-59(100)88-49(29-42-35-83-47-23-16-13-19-43(42)47)73(116)91-50(31-58(81)99)74(117)93-53(34-65(109)110)75(118)96-67-41(4)126-79(122)54(30-56(98)44-20-12-15-22-46(44)80)94-78(121)66(39(2)28-62(103)104)95-76(119)55(38-97)89-61(102)36-84-70(113)51(32-63(105)106)90-68(111)40(3)86-72(115)52(33-64(107)108)92-71(114)48(87-60(101)37-85-77(67)120)24-18-27-82-69(112)45-21-14-17-25-57(45)127(123,124)125/h12-17,19-23,25,35,39-41,48-55,66-67,83,97H,5-11,18,24,26-34,36-38,80H2,1-4H3,(H2,81,99)(H,82,112)(H,84,113)(H,85,120)(H,86,115)(H,87,101)(H,88,100)(H,89,102)(H,90,111)(H,91,116)(H,92,114)(H,93,117)(H,94,121)(H,95,119)(H,96,118)(H,103,104)(H,105,106)(H,107,108)(H,109,110)(H,123,124,125). The number of nitrogen functional groups attached to an aromatic ring is 1. The number of unbranched alkanes of at least 4 members (excludes halogenated alkanes) is 6. The summed E-state index contributed by atoms with van der Waals surface area (Å²) in [4.78, 5) is 292. The van der Waals surface area contributed by atoms with Crippen molar-refractivity contribution >= 4 is 151 Å². The summed E-state index contributed by atoms with van der Waals surface area (Å²) in [5, 5.41) is 81.0. The van der Waals surface area contributed by atoms with Gasteiger partial charge in [-0.1, -0.05) is 94.8 Å². The molecule has 127 heavy (non-hydrogen) atoms. The van der Waals surface area contributed by atoms with Crippen LogP contribution in [-0.4, -0.2) is 267 Å². The number of hydrogen-bond donors (Lipinski definition) is 23. The Labute approximate surface area is 724 Å². The number of H-pyrrole nitrogens is 1. The number of hydrogen-bond acceptors (Lipinski definition) is 26. The highest BCUT2D eigenvalue weighted by Gasteiger charge is 2.41. The molecule has 0 bridgehead atoms. The van der Waals surface area contributed by atoms with Crippen molar-refractivity contribution in [3.05, 3.63) is 95.7 Å². The molecular weight excluding hydrogens is 1700 g/mol. The molecule has 2 heterocycles. The molecule has 48 heteroatoms. The number of aromatic amines is 1. The second-order valence-electron chi connectivity index (χ2n) is 29.7. The zero-order chi connectivity index (χ0) is 94.5. The van der Waals surface area contributed by atoms with Crippen LogP contribution in [0.3, 0.4) is 0 Å². The van der Waals surface area contributed by atoms with Crippen LogP contribution in [-0.2, 0) is 112 Å². The molecule has 13 unspecified atom stereocenters. The Morgan fingerprint density at radius 3 is 1.69 bits per heavy atom. The van der Waals surface area contributed by atoms with Crippen LogP contribution in [0.2, 0.25) is 0 Å². The molecule has 3 aromatic carbocycles. The van der Waals surface area contributed by atoms with E-state index in [-0.39, 0.29) is 24.1 Å². The number of ether oxygens (including phenoxy) is 1. The van der Waals surface area contributed by atoms with Crippen molar-refractivity contribution in [2.24, 2.45) is 11.7 Å². The van der Waals surface area contributed by atoms with Crippen LogP contribution < -0.4 is 85.9 Å². The van der Waals surface area contributed by atoms with Gasteiger partial charge in [0.1, 0.15) is 77.5 Å². The van der Waals surface area contributed by atoms with Gasteiger partial charge in [0, 0.05) is 54.2 Å². The van der Waals surface area contributed by atoms with Crippen LogP contribution in [0.15, 0.2) is 83.9 Å². The molecule has 15 amide bonds. The number of fused-ring (bicyclic) bond motifs is 1. The van der Waals surface area contributed by atoms with Gasteiger partial charge in [0.25, 0.3) is 16.0 Å². The predicted molar refractivity (Wildman–Crippen MR) is 440 cm³/mol. The van der Waals surface area contributed by atoms with Crippen LogP contribution in [0.4, 0.5) is 5.69 Å². The second-order valence-corrected chi connectivity index (χ2v) is 31.1. The third-order valence-corrected chi connectivity index (χ3v) is 20.4. The number of para-hydroxylation sites is 2. The summed E-state index contributed by atoms with van der Waals surface area (Å²) in [6.07, 6.45) is -3.65. The average Bonchev–Trinajstić information content (AvgIpc) is 1.79. The van der Waals surface area contributed by atoms with Crippen molar-refractivity contribution in [3.63, 3.8) is 0 Å². The first-order valence-electron chi connectivity index (χ1n) is 40.0. The zero-order valence-corrected chi connectivity index (χ0v) is 70.2. The van der Waals surface area contributed by atoms with Crippen molar-refractivity contribution in [1.29, 1.82) is 0 Å². The van der Waals surface area contributed by atoms with E-state index in [1.54, 1.807) is 30.5 Å². The Kier molecular flexibility index (Phi) is 41.3. The van der Waals surface area contributed by atoms with E-state index < -0.39 is 301 Å². The first-order valence-corrected chi connectivity index (χ1v) is 41.5. The van der Waals surface area contributed by atoms with Gasteiger partial charge in [0.05, 0.1) is 57.4 Å². The number of Topliss-reactive ketones (excluding diaryl/α,β-unsaturated/α-hetero) is 1. The van der Waals surface area contributed by atoms with Gasteiger partial charge in [-0.15, -0.1) is 0 Å². The normalized spacial score (nSPS) is 20.3. The highest BCUT2D eigenvalue weighted by atomic mass is 32.2. The van der Waals surface area contributed by atoms with Crippen molar-refractivity contribution in [3.8, 4) is 0 Å². The Morgan fingerprint density at radius 1 is 0.543 bits per heavy atom. The molecule has 692 valence electrons. The van der Waals surface area contributed by atoms with Crippen LogP contribution in [0, 0.1) is 5.92 Å². The minimum atomic E-state index is -5.02. The molecule has 4 aromatic rings. The number of aliphatic hydroxyl groups excluding tert-OH is 1. The van der Waals surface area contributed by atoms with Gasteiger partial charge in [-0.25, -0.2) is 4.79 Å². The first-order chi connectivity index (χ1) is 59.9. The van der Waals surface area contributed by atoms with Gasteiger partial charge in [0.2, 0.25) is 82.7 Å². The summed E-state index contributed by atoms with van der Waals surface area (Å²) in [5.74, 6) is -32.2. The number of anilines is 1. The largest absolute Gasteiger partial charge is 0.481 e. The van der Waals surface area contributed by atoms with E-state index in [1.807, 2.05) is 16.0 Å². The van der Waals surface area contributed by atoms with Gasteiger partial charge in [-0.2, -0.15) is 8.42 Å². The predicted octanol–water partition coefficient (Wildman–Crippen LogP) is -4.90. The maximum Gasteiger partial charge on any atom is 0.329 e.